The highest BCUT2D eigenvalue weighted by molar-refractivity contribution is 6.31. The summed E-state index contributed by atoms with van der Waals surface area (Å²) in [6.45, 7) is 1.74. The first-order valence-electron chi connectivity index (χ1n) is 4.90. The van der Waals surface area contributed by atoms with Gasteiger partial charge in [-0.05, 0) is 25.1 Å². The van der Waals surface area contributed by atoms with E-state index in [9.17, 15) is 18.0 Å². The zero-order valence-electron chi connectivity index (χ0n) is 9.27. The minimum absolute atomic E-state index is 0.0415. The molecule has 1 aromatic rings. The second-order valence-electron chi connectivity index (χ2n) is 3.16. The fourth-order valence-corrected chi connectivity index (χ4v) is 1.25. The largest absolute Gasteiger partial charge is 0.456 e. The Morgan fingerprint density at radius 2 is 2.11 bits per heavy atom. The van der Waals surface area contributed by atoms with Crippen molar-refractivity contribution in [3.63, 3.8) is 0 Å². The molecule has 0 unspecified atom stereocenters. The Bertz CT molecular complexity index is 512. The molecule has 0 aromatic heterocycles. The first kappa shape index (κ1) is 14.4. The molecule has 0 saturated carbocycles. The van der Waals surface area contributed by atoms with Gasteiger partial charge in [-0.1, -0.05) is 17.5 Å². The summed E-state index contributed by atoms with van der Waals surface area (Å²) < 4.78 is 41.8. The molecule has 96 valence electrons. The van der Waals surface area contributed by atoms with Crippen molar-refractivity contribution < 1.29 is 22.7 Å². The Kier molecular flexibility index (Phi) is 4.62. The Labute approximate surface area is 107 Å². The number of alkyl halides is 3. The van der Waals surface area contributed by atoms with Crippen molar-refractivity contribution in [3.8, 4) is 11.8 Å². The van der Waals surface area contributed by atoms with Gasteiger partial charge in [0.25, 0.3) is 0 Å². The monoisotopic (exact) mass is 276 g/mol. The fraction of sp³-hybridized carbons (Fsp3) is 0.250. The maximum absolute atomic E-state index is 12.4. The van der Waals surface area contributed by atoms with Crippen LogP contribution in [0.4, 0.5) is 13.2 Å². The molecule has 0 aliphatic carbocycles. The maximum Gasteiger partial charge on any atom is 0.416 e. The van der Waals surface area contributed by atoms with E-state index in [-0.39, 0.29) is 17.2 Å². The lowest BCUT2D eigenvalue weighted by molar-refractivity contribution is -0.138. The van der Waals surface area contributed by atoms with Gasteiger partial charge >= 0.3 is 12.1 Å². The van der Waals surface area contributed by atoms with Crippen molar-refractivity contribution in [1.29, 1.82) is 0 Å². The second kappa shape index (κ2) is 5.78. The van der Waals surface area contributed by atoms with Crippen LogP contribution in [0, 0.1) is 11.8 Å². The van der Waals surface area contributed by atoms with Gasteiger partial charge in [0.1, 0.15) is 0 Å². The number of rotatable bonds is 1. The SMILES string of the molecule is CCOC(=O)C#Cc1cc(C(F)(F)F)ccc1Cl. The molecule has 1 aromatic carbocycles. The molecule has 0 aliphatic rings. The smallest absolute Gasteiger partial charge is 0.416 e. The average molecular weight is 277 g/mol. The first-order valence-corrected chi connectivity index (χ1v) is 5.28. The molecular weight excluding hydrogens is 269 g/mol. The van der Waals surface area contributed by atoms with Crippen LogP contribution in [0.1, 0.15) is 18.1 Å². The second-order valence-corrected chi connectivity index (χ2v) is 3.57. The predicted octanol–water partition coefficient (Wildman–Crippen LogP) is 3.27. The van der Waals surface area contributed by atoms with Crippen LogP contribution < -0.4 is 0 Å². The van der Waals surface area contributed by atoms with Gasteiger partial charge in [0.05, 0.1) is 17.2 Å². The summed E-state index contributed by atoms with van der Waals surface area (Å²) in [6.07, 6.45) is -4.48. The number of benzene rings is 1. The first-order chi connectivity index (χ1) is 8.34. The van der Waals surface area contributed by atoms with Gasteiger partial charge in [-0.2, -0.15) is 13.2 Å². The molecule has 0 saturated heterocycles. The van der Waals surface area contributed by atoms with Crippen LogP contribution in [0.15, 0.2) is 18.2 Å². The van der Waals surface area contributed by atoms with Gasteiger partial charge in [-0.25, -0.2) is 4.79 Å². The van der Waals surface area contributed by atoms with Gasteiger partial charge in [0.15, 0.2) is 0 Å². The molecule has 0 atom stereocenters. The van der Waals surface area contributed by atoms with Crippen LogP contribution in [0.2, 0.25) is 5.02 Å². The van der Waals surface area contributed by atoms with Crippen LogP contribution in [0.5, 0.6) is 0 Å². The van der Waals surface area contributed by atoms with Crippen molar-refractivity contribution in [1.82, 2.24) is 0 Å². The third kappa shape index (κ3) is 3.97. The maximum atomic E-state index is 12.4. The van der Waals surface area contributed by atoms with Crippen molar-refractivity contribution in [3.05, 3.63) is 34.3 Å². The molecule has 1 rings (SSSR count). The van der Waals surface area contributed by atoms with E-state index in [1.165, 1.54) is 0 Å². The van der Waals surface area contributed by atoms with Crippen LogP contribution in [-0.2, 0) is 15.7 Å². The highest BCUT2D eigenvalue weighted by atomic mass is 35.5. The Hall–Kier alpha value is -1.67. The molecule has 0 spiro atoms. The summed E-state index contributed by atoms with van der Waals surface area (Å²) >= 11 is 5.68. The molecule has 0 N–H and O–H groups in total. The number of ether oxygens (including phenoxy) is 1. The molecule has 2 nitrogen and oxygen atoms in total. The van der Waals surface area contributed by atoms with Crippen LogP contribution >= 0.6 is 11.6 Å². The minimum atomic E-state index is -4.48. The fourth-order valence-electron chi connectivity index (χ4n) is 1.08. The molecule has 0 aliphatic heterocycles. The number of esters is 1. The van der Waals surface area contributed by atoms with Gasteiger partial charge in [-0.3, -0.25) is 0 Å². The quantitative estimate of drug-likeness (QED) is 0.581. The lowest BCUT2D eigenvalue weighted by atomic mass is 10.1. The summed E-state index contributed by atoms with van der Waals surface area (Å²) in [7, 11) is 0. The van der Waals surface area contributed by atoms with Crippen LogP contribution in [0.3, 0.4) is 0 Å². The van der Waals surface area contributed by atoms with E-state index in [0.717, 1.165) is 18.2 Å². The summed E-state index contributed by atoms with van der Waals surface area (Å²) in [5.74, 6) is 3.50. The van der Waals surface area contributed by atoms with E-state index in [1.54, 1.807) is 6.92 Å². The van der Waals surface area contributed by atoms with Crippen molar-refractivity contribution in [2.24, 2.45) is 0 Å². The van der Waals surface area contributed by atoms with Gasteiger partial charge < -0.3 is 4.74 Å². The number of hydrogen-bond acceptors (Lipinski definition) is 2. The lowest BCUT2D eigenvalue weighted by Gasteiger charge is -2.07. The predicted molar refractivity (Wildman–Crippen MR) is 60.0 cm³/mol. The number of carbonyl (C=O) groups excluding carboxylic acids is 1. The summed E-state index contributed by atoms with van der Waals surface area (Å²) in [5.41, 5.74) is -0.945. The number of hydrogen-bond donors (Lipinski definition) is 0. The number of carbonyl (C=O) groups is 1. The van der Waals surface area contributed by atoms with E-state index in [0.29, 0.717) is 0 Å². The minimum Gasteiger partial charge on any atom is -0.456 e. The highest BCUT2D eigenvalue weighted by Crippen LogP contribution is 2.31. The molecule has 18 heavy (non-hydrogen) atoms. The molecule has 6 heteroatoms. The zero-order valence-corrected chi connectivity index (χ0v) is 10.0. The van der Waals surface area contributed by atoms with E-state index >= 15 is 0 Å². The summed E-state index contributed by atoms with van der Waals surface area (Å²) in [5, 5.41) is 0.0415. The van der Waals surface area contributed by atoms with E-state index in [2.05, 4.69) is 16.6 Å². The van der Waals surface area contributed by atoms with Gasteiger partial charge in [-0.15, -0.1) is 0 Å². The van der Waals surface area contributed by atoms with Crippen molar-refractivity contribution in [2.45, 2.75) is 13.1 Å². The van der Waals surface area contributed by atoms with Gasteiger partial charge in [0.2, 0.25) is 0 Å². The highest BCUT2D eigenvalue weighted by Gasteiger charge is 2.30. The molecule has 0 amide bonds. The topological polar surface area (TPSA) is 26.3 Å². The zero-order chi connectivity index (χ0) is 13.8. The molecule has 0 fully saturated rings. The standard InChI is InChI=1S/C12H8ClF3O2/c1-2-18-11(17)6-3-8-7-9(12(14,15)16)4-5-10(8)13/h4-5,7H,2H2,1H3. The molecular formula is C12H8ClF3O2. The van der Waals surface area contributed by atoms with Crippen molar-refractivity contribution in [2.75, 3.05) is 6.61 Å². The Morgan fingerprint density at radius 1 is 1.44 bits per heavy atom. The third-order valence-corrected chi connectivity index (χ3v) is 2.20. The number of halogens is 4. The average Bonchev–Trinajstić information content (AvgIpc) is 2.26. The molecule has 0 bridgehead atoms. The Morgan fingerprint density at radius 3 is 2.67 bits per heavy atom. The van der Waals surface area contributed by atoms with Crippen LogP contribution in [0.25, 0.3) is 0 Å². The molecule has 0 heterocycles. The Balaban J connectivity index is 3.06. The van der Waals surface area contributed by atoms with Crippen LogP contribution in [-0.4, -0.2) is 12.6 Å². The van der Waals surface area contributed by atoms with E-state index in [4.69, 9.17) is 11.6 Å². The van der Waals surface area contributed by atoms with Gasteiger partial charge in [0, 0.05) is 11.5 Å². The third-order valence-electron chi connectivity index (χ3n) is 1.87. The lowest BCUT2D eigenvalue weighted by Crippen LogP contribution is -2.05. The van der Waals surface area contributed by atoms with E-state index < -0.39 is 17.7 Å². The molecule has 0 radical (unpaired) electrons. The van der Waals surface area contributed by atoms with Crippen molar-refractivity contribution >= 4 is 17.6 Å². The normalized spacial score (nSPS) is 10.5. The van der Waals surface area contributed by atoms with E-state index in [1.807, 2.05) is 0 Å². The summed E-state index contributed by atoms with van der Waals surface area (Å²) in [4.78, 5) is 10.9. The summed E-state index contributed by atoms with van der Waals surface area (Å²) in [6, 6.07) is 2.71.